The van der Waals surface area contributed by atoms with Gasteiger partial charge in [-0.05, 0) is 73.2 Å². The number of sulfonamides is 1. The standard InChI is InChI=1S/C49H57ClN2O14S/c1-2-3-4-5-6-7-8-9-10-11-12-13-14-15-16-19-24-65-42-21-18-17-20-39(42)43(53)44(66-37-29-34(48(59)60)26-35(30-37)49(61)62)45(54)51-41-31-38(22-23-40(41)50)67(63,64)52-36-27-32(46(55)56)25-33(28-36)47(57)58/h17-18,20-23,25-31,44,52H,2-16,19,24H2,1H3,(H,51,54)(H,55,56)(H,57,58)(H,59,60)(H,61,62)/t44-/m1/s1. The molecular formula is C49H57ClN2O14S. The van der Waals surface area contributed by atoms with E-state index in [4.69, 9.17) is 21.1 Å². The Morgan fingerprint density at radius 2 is 1.06 bits per heavy atom. The van der Waals surface area contributed by atoms with Crippen LogP contribution in [0, 0.1) is 0 Å². The zero-order chi connectivity index (χ0) is 48.9. The van der Waals surface area contributed by atoms with E-state index in [0.29, 0.717) is 6.42 Å². The molecule has 0 aromatic heterocycles. The summed E-state index contributed by atoms with van der Waals surface area (Å²) in [6.45, 7) is 2.47. The van der Waals surface area contributed by atoms with E-state index in [1.165, 1.54) is 88.8 Å². The van der Waals surface area contributed by atoms with E-state index in [-0.39, 0.29) is 28.6 Å². The molecule has 0 spiro atoms. The molecule has 4 aromatic rings. The third-order valence-electron chi connectivity index (χ3n) is 10.7. The van der Waals surface area contributed by atoms with Gasteiger partial charge in [-0.3, -0.25) is 14.3 Å². The first kappa shape index (κ1) is 53.2. The molecule has 4 rings (SSSR count). The lowest BCUT2D eigenvalue weighted by molar-refractivity contribution is -0.120. The minimum atomic E-state index is -4.63. The summed E-state index contributed by atoms with van der Waals surface area (Å²) in [5.74, 6) is -8.70. The molecule has 0 heterocycles. The van der Waals surface area contributed by atoms with Crippen LogP contribution >= 0.6 is 11.6 Å². The normalized spacial score (nSPS) is 11.6. The zero-order valence-corrected chi connectivity index (χ0v) is 38.8. The van der Waals surface area contributed by atoms with Crippen molar-refractivity contribution in [3.05, 3.63) is 112 Å². The van der Waals surface area contributed by atoms with E-state index in [1.54, 1.807) is 6.07 Å². The molecule has 6 N–H and O–H groups in total. The predicted molar refractivity (Wildman–Crippen MR) is 252 cm³/mol. The average molecular weight is 966 g/mol. The van der Waals surface area contributed by atoms with Crippen LogP contribution in [0.15, 0.2) is 83.8 Å². The number of benzene rings is 4. The number of hydrogen-bond acceptors (Lipinski definition) is 10. The Labute approximate surface area is 394 Å². The molecule has 360 valence electrons. The number of aromatic carboxylic acids is 4. The molecule has 18 heteroatoms. The number of halogens is 1. The monoisotopic (exact) mass is 964 g/mol. The number of hydrogen-bond donors (Lipinski definition) is 6. The summed E-state index contributed by atoms with van der Waals surface area (Å²) >= 11 is 6.38. The Morgan fingerprint density at radius 3 is 1.55 bits per heavy atom. The number of ether oxygens (including phenoxy) is 2. The van der Waals surface area contributed by atoms with Gasteiger partial charge in [0.25, 0.3) is 15.9 Å². The minimum Gasteiger partial charge on any atom is -0.493 e. The van der Waals surface area contributed by atoms with Gasteiger partial charge in [0.05, 0.1) is 55.7 Å². The number of carbonyl (C=O) groups is 6. The molecule has 0 saturated heterocycles. The summed E-state index contributed by atoms with van der Waals surface area (Å²) in [6, 6.07) is 14.4. The van der Waals surface area contributed by atoms with Crippen molar-refractivity contribution in [1.29, 1.82) is 0 Å². The lowest BCUT2D eigenvalue weighted by Gasteiger charge is -2.20. The number of unbranched alkanes of at least 4 members (excludes halogenated alkanes) is 15. The number of ketones is 1. The average Bonchev–Trinajstić information content (AvgIpc) is 3.29. The van der Waals surface area contributed by atoms with E-state index < -0.39 is 90.3 Å². The molecule has 0 fully saturated rings. The molecule has 0 saturated carbocycles. The highest BCUT2D eigenvalue weighted by atomic mass is 35.5. The quantitative estimate of drug-likeness (QED) is 0.0156. The molecule has 1 atom stereocenters. The van der Waals surface area contributed by atoms with E-state index in [2.05, 4.69) is 17.0 Å². The summed E-state index contributed by atoms with van der Waals surface area (Å²) in [5.41, 5.74) is -2.97. The second-order valence-electron chi connectivity index (χ2n) is 16.0. The van der Waals surface area contributed by atoms with Crippen LogP contribution in [0.2, 0.25) is 5.02 Å². The van der Waals surface area contributed by atoms with E-state index in [9.17, 15) is 57.6 Å². The maximum absolute atomic E-state index is 14.4. The summed E-state index contributed by atoms with van der Waals surface area (Å²) in [5, 5.41) is 40.4. The van der Waals surface area contributed by atoms with E-state index >= 15 is 0 Å². The third kappa shape index (κ3) is 17.0. The molecule has 67 heavy (non-hydrogen) atoms. The highest BCUT2D eigenvalue weighted by Crippen LogP contribution is 2.30. The van der Waals surface area contributed by atoms with Crippen LogP contribution in [0.1, 0.15) is 161 Å². The van der Waals surface area contributed by atoms with Crippen molar-refractivity contribution in [2.45, 2.75) is 121 Å². The number of amides is 1. The van der Waals surface area contributed by atoms with Gasteiger partial charge >= 0.3 is 23.9 Å². The Morgan fingerprint density at radius 1 is 0.597 bits per heavy atom. The summed E-state index contributed by atoms with van der Waals surface area (Å²) < 4.78 is 40.9. The fraction of sp³-hybridized carbons (Fsp3) is 0.388. The second kappa shape index (κ2) is 26.6. The van der Waals surface area contributed by atoms with Gasteiger partial charge < -0.3 is 35.2 Å². The summed E-state index contributed by atoms with van der Waals surface area (Å²) in [7, 11) is -4.63. The van der Waals surface area contributed by atoms with E-state index in [1.807, 2.05) is 0 Å². The first-order valence-electron chi connectivity index (χ1n) is 22.3. The van der Waals surface area contributed by atoms with Gasteiger partial charge in [-0.15, -0.1) is 0 Å². The lowest BCUT2D eigenvalue weighted by Crippen LogP contribution is -2.40. The molecule has 0 aliphatic rings. The van der Waals surface area contributed by atoms with Crippen LogP contribution in [-0.2, 0) is 14.8 Å². The van der Waals surface area contributed by atoms with Crippen LogP contribution in [-0.4, -0.2) is 77.1 Å². The van der Waals surface area contributed by atoms with Crippen LogP contribution in [0.5, 0.6) is 11.5 Å². The molecule has 16 nitrogen and oxygen atoms in total. The largest absolute Gasteiger partial charge is 0.493 e. The van der Waals surface area contributed by atoms with Gasteiger partial charge in [-0.25, -0.2) is 27.6 Å². The highest BCUT2D eigenvalue weighted by Gasteiger charge is 2.33. The number of carboxylic acids is 4. The van der Waals surface area contributed by atoms with Crippen molar-refractivity contribution < 1.29 is 67.1 Å². The SMILES string of the molecule is CCCCCCCCCCCCCCCCCCOc1ccccc1C(=O)[C@@H](Oc1cc(C(=O)O)cc(C(=O)O)c1)C(=O)Nc1cc(S(=O)(=O)Nc2cc(C(=O)O)cc(C(=O)O)c2)ccc1Cl. The zero-order valence-electron chi connectivity index (χ0n) is 37.3. The lowest BCUT2D eigenvalue weighted by atomic mass is 10.0. The number of Topliss-reactive ketones (excluding diaryl/α,β-unsaturated/α-hetero) is 1. The molecular weight excluding hydrogens is 908 g/mol. The smallest absolute Gasteiger partial charge is 0.335 e. The fourth-order valence-corrected chi connectivity index (χ4v) is 8.39. The van der Waals surface area contributed by atoms with Crippen molar-refractivity contribution in [3.8, 4) is 11.5 Å². The van der Waals surface area contributed by atoms with Crippen molar-refractivity contribution >= 4 is 68.6 Å². The van der Waals surface area contributed by atoms with Gasteiger partial charge in [0, 0.05) is 0 Å². The molecule has 0 aliphatic heterocycles. The van der Waals surface area contributed by atoms with Gasteiger partial charge in [-0.2, -0.15) is 0 Å². The van der Waals surface area contributed by atoms with Gasteiger partial charge in [0.2, 0.25) is 11.9 Å². The minimum absolute atomic E-state index is 0.107. The fourth-order valence-electron chi connectivity index (χ4n) is 7.16. The second-order valence-corrected chi connectivity index (χ2v) is 18.1. The molecule has 0 radical (unpaired) electrons. The Hall–Kier alpha value is -6.46. The van der Waals surface area contributed by atoms with Gasteiger partial charge in [0.15, 0.2) is 0 Å². The molecule has 4 aromatic carbocycles. The Kier molecular flexibility index (Phi) is 21.1. The van der Waals surface area contributed by atoms with Crippen molar-refractivity contribution in [2.24, 2.45) is 0 Å². The Bertz CT molecular complexity index is 2430. The first-order chi connectivity index (χ1) is 32.0. The topological polar surface area (TPSA) is 260 Å². The maximum atomic E-state index is 14.4. The summed E-state index contributed by atoms with van der Waals surface area (Å²) in [6.07, 6.45) is 16.9. The molecule has 0 unspecified atom stereocenters. The predicted octanol–water partition coefficient (Wildman–Crippen LogP) is 10.8. The number of carbonyl (C=O) groups excluding carboxylic acids is 2. The van der Waals surface area contributed by atoms with Crippen LogP contribution < -0.4 is 19.5 Å². The van der Waals surface area contributed by atoms with E-state index in [0.717, 1.165) is 80.3 Å². The number of carboxylic acid groups (broad SMARTS) is 4. The molecule has 0 bridgehead atoms. The number of para-hydroxylation sites is 1. The first-order valence-corrected chi connectivity index (χ1v) is 24.2. The van der Waals surface area contributed by atoms with Gasteiger partial charge in [-0.1, -0.05) is 127 Å². The van der Waals surface area contributed by atoms with Crippen molar-refractivity contribution in [2.75, 3.05) is 16.6 Å². The highest BCUT2D eigenvalue weighted by molar-refractivity contribution is 7.92. The summed E-state index contributed by atoms with van der Waals surface area (Å²) in [4.78, 5) is 75.0. The van der Waals surface area contributed by atoms with Crippen LogP contribution in [0.25, 0.3) is 0 Å². The van der Waals surface area contributed by atoms with Crippen molar-refractivity contribution in [1.82, 2.24) is 0 Å². The Balaban J connectivity index is 1.48. The number of rotatable bonds is 31. The van der Waals surface area contributed by atoms with Crippen LogP contribution in [0.3, 0.4) is 0 Å². The van der Waals surface area contributed by atoms with Gasteiger partial charge in [0.1, 0.15) is 11.5 Å². The molecule has 1 amide bonds. The maximum Gasteiger partial charge on any atom is 0.335 e. The number of anilines is 2. The van der Waals surface area contributed by atoms with Crippen molar-refractivity contribution in [3.63, 3.8) is 0 Å². The molecule has 0 aliphatic carbocycles. The third-order valence-corrected chi connectivity index (χ3v) is 12.4. The number of nitrogens with one attached hydrogen (secondary N) is 2. The van der Waals surface area contributed by atoms with Crippen LogP contribution in [0.4, 0.5) is 11.4 Å².